The van der Waals surface area contributed by atoms with Crippen molar-refractivity contribution < 1.29 is 8.83 Å². The maximum absolute atomic E-state index is 7.09. The average molecular weight is 921 g/mol. The lowest BCUT2D eigenvalue weighted by molar-refractivity contribution is 0.572. The van der Waals surface area contributed by atoms with Gasteiger partial charge >= 0.3 is 0 Å². The van der Waals surface area contributed by atoms with Crippen molar-refractivity contribution in [2.24, 2.45) is 0 Å². The molecule has 2 heterocycles. The summed E-state index contributed by atoms with van der Waals surface area (Å²) in [5, 5.41) is 9.38. The van der Waals surface area contributed by atoms with Crippen molar-refractivity contribution in [2.45, 2.75) is 71.6 Å². The summed E-state index contributed by atoms with van der Waals surface area (Å²) < 4.78 is 14.1. The summed E-state index contributed by atoms with van der Waals surface area (Å²) in [4.78, 5) is 4.79. The molecule has 0 saturated carbocycles. The molecule has 0 saturated heterocycles. The number of fused-ring (bicyclic) bond motifs is 13. The van der Waals surface area contributed by atoms with Gasteiger partial charge in [0.25, 0.3) is 0 Å². The smallest absolute Gasteiger partial charge is 0.159 e. The Labute approximate surface area is 415 Å². The molecule has 10 aromatic carbocycles. The predicted octanol–water partition coefficient (Wildman–Crippen LogP) is 19.6. The minimum absolute atomic E-state index is 0.0747. The SMILES string of the molecule is CC(C)(C)c1cccc2c1oc1c(N(c3ccccc3)c3ccc4c5c(ccc4c3)-c3c(cc(N(c4ccccc4)c4cccc6c4oc4c(C(C)(C)C)cccc46)c4ccccc34)C5(C)C)cccc12. The van der Waals surface area contributed by atoms with Gasteiger partial charge in [0.05, 0.1) is 17.1 Å². The molecule has 2 aromatic heterocycles. The van der Waals surface area contributed by atoms with Gasteiger partial charge in [-0.1, -0.05) is 195 Å². The number of anilines is 6. The van der Waals surface area contributed by atoms with Crippen LogP contribution in [-0.4, -0.2) is 0 Å². The molecule has 0 N–H and O–H groups in total. The van der Waals surface area contributed by atoms with Crippen molar-refractivity contribution in [1.29, 1.82) is 0 Å². The quantitative estimate of drug-likeness (QED) is 0.166. The summed E-state index contributed by atoms with van der Waals surface area (Å²) in [5.41, 5.74) is 17.2. The van der Waals surface area contributed by atoms with Gasteiger partial charge in [0, 0.05) is 60.5 Å². The summed E-state index contributed by atoms with van der Waals surface area (Å²) >= 11 is 0. The topological polar surface area (TPSA) is 32.8 Å². The molecule has 1 aliphatic rings. The normalized spacial score (nSPS) is 13.5. The van der Waals surface area contributed by atoms with Gasteiger partial charge in [0.2, 0.25) is 0 Å². The lowest BCUT2D eigenvalue weighted by Gasteiger charge is -2.30. The van der Waals surface area contributed by atoms with E-state index in [9.17, 15) is 0 Å². The first-order valence-corrected chi connectivity index (χ1v) is 25.0. The van der Waals surface area contributed by atoms with E-state index in [2.05, 4.69) is 259 Å². The lowest BCUT2D eigenvalue weighted by Crippen LogP contribution is -2.17. The molecular weight excluding hydrogens is 865 g/mol. The molecule has 0 bridgehead atoms. The van der Waals surface area contributed by atoms with Crippen LogP contribution in [0.3, 0.4) is 0 Å². The minimum Gasteiger partial charge on any atom is -0.454 e. The summed E-state index contributed by atoms with van der Waals surface area (Å²) in [6.07, 6.45) is 0. The first-order valence-electron chi connectivity index (χ1n) is 25.0. The lowest BCUT2D eigenvalue weighted by atomic mass is 9.79. The van der Waals surface area contributed by atoms with Gasteiger partial charge < -0.3 is 18.6 Å². The maximum atomic E-state index is 7.09. The standard InChI is InChI=1S/C67H56N2O2/c1-65(2,3)53-31-17-27-48-50-29-19-33-56(63(50)70-61(48)53)68(42-21-11-9-12-22-42)44-36-38-45-41(39-44)35-37-52-59-47-26-16-15-25-46(47)58(40-55(59)67(7,8)60(45)52)69(43-23-13-10-14-24-43)57-34-20-30-51-49-28-18-32-54(66(4,5)6)62(49)71-64(51)57/h9-40H,1-8H3. The van der Waals surface area contributed by atoms with Crippen LogP contribution >= 0.6 is 0 Å². The van der Waals surface area contributed by atoms with Crippen LogP contribution in [0, 0.1) is 0 Å². The van der Waals surface area contributed by atoms with Gasteiger partial charge in [-0.15, -0.1) is 0 Å². The van der Waals surface area contributed by atoms with E-state index in [4.69, 9.17) is 8.83 Å². The average Bonchev–Trinajstić information content (AvgIpc) is 4.03. The zero-order valence-corrected chi connectivity index (χ0v) is 41.7. The summed E-state index contributed by atoms with van der Waals surface area (Å²) in [5.74, 6) is 0. The Kier molecular flexibility index (Phi) is 9.36. The zero-order chi connectivity index (χ0) is 48.6. The van der Waals surface area contributed by atoms with Crippen molar-refractivity contribution in [3.8, 4) is 11.1 Å². The van der Waals surface area contributed by atoms with Gasteiger partial charge in [-0.25, -0.2) is 0 Å². The molecule has 0 fully saturated rings. The third kappa shape index (κ3) is 6.50. The third-order valence-electron chi connectivity index (χ3n) is 15.2. The monoisotopic (exact) mass is 920 g/mol. The second-order valence-corrected chi connectivity index (χ2v) is 22.1. The van der Waals surface area contributed by atoms with Gasteiger partial charge in [0.1, 0.15) is 11.2 Å². The van der Waals surface area contributed by atoms with Crippen molar-refractivity contribution in [3.05, 3.63) is 216 Å². The molecule has 0 unspecified atom stereocenters. The van der Waals surface area contributed by atoms with Gasteiger partial charge in [0.15, 0.2) is 11.2 Å². The van der Waals surface area contributed by atoms with Crippen LogP contribution < -0.4 is 9.80 Å². The molecule has 0 spiro atoms. The fourth-order valence-corrected chi connectivity index (χ4v) is 11.9. The van der Waals surface area contributed by atoms with Crippen LogP contribution in [0.25, 0.3) is 76.5 Å². The molecule has 71 heavy (non-hydrogen) atoms. The molecule has 0 atom stereocenters. The van der Waals surface area contributed by atoms with Crippen LogP contribution in [0.15, 0.2) is 203 Å². The summed E-state index contributed by atoms with van der Waals surface area (Å²) in [6.45, 7) is 18.4. The Morgan fingerprint density at radius 3 is 1.41 bits per heavy atom. The highest BCUT2D eigenvalue weighted by molar-refractivity contribution is 6.16. The van der Waals surface area contributed by atoms with Gasteiger partial charge in [-0.05, 0) is 104 Å². The minimum atomic E-state index is -0.344. The molecule has 0 radical (unpaired) electrons. The van der Waals surface area contributed by atoms with E-state index in [-0.39, 0.29) is 16.2 Å². The van der Waals surface area contributed by atoms with Crippen molar-refractivity contribution in [3.63, 3.8) is 0 Å². The number of para-hydroxylation sites is 6. The van der Waals surface area contributed by atoms with Gasteiger partial charge in [-0.2, -0.15) is 0 Å². The second-order valence-electron chi connectivity index (χ2n) is 22.1. The third-order valence-corrected chi connectivity index (χ3v) is 15.2. The second kappa shape index (κ2) is 15.5. The Morgan fingerprint density at radius 1 is 0.366 bits per heavy atom. The number of hydrogen-bond donors (Lipinski definition) is 0. The number of hydrogen-bond acceptors (Lipinski definition) is 4. The number of furan rings is 2. The van der Waals surface area contributed by atoms with Crippen molar-refractivity contribution in [2.75, 3.05) is 9.80 Å². The first kappa shape index (κ1) is 43.0. The van der Waals surface area contributed by atoms with Gasteiger partial charge in [-0.3, -0.25) is 0 Å². The molecule has 1 aliphatic carbocycles. The van der Waals surface area contributed by atoms with E-state index in [1.807, 2.05) is 0 Å². The van der Waals surface area contributed by atoms with Crippen molar-refractivity contribution in [1.82, 2.24) is 0 Å². The molecule has 0 amide bonds. The molecule has 4 heteroatoms. The van der Waals surface area contributed by atoms with Crippen molar-refractivity contribution >= 4 is 99.5 Å². The molecule has 0 aliphatic heterocycles. The Balaban J connectivity index is 0.995. The fourth-order valence-electron chi connectivity index (χ4n) is 11.9. The number of benzene rings is 10. The molecular formula is C67H56N2O2. The first-order chi connectivity index (χ1) is 34.3. The highest BCUT2D eigenvalue weighted by atomic mass is 16.3. The van der Waals surface area contributed by atoms with Crippen LogP contribution in [0.2, 0.25) is 0 Å². The molecule has 346 valence electrons. The largest absolute Gasteiger partial charge is 0.454 e. The van der Waals surface area contributed by atoms with Crippen LogP contribution in [0.4, 0.5) is 34.1 Å². The molecule has 4 nitrogen and oxygen atoms in total. The van der Waals surface area contributed by atoms with E-state index in [1.165, 1.54) is 54.9 Å². The van der Waals surface area contributed by atoms with E-state index in [0.717, 1.165) is 78.0 Å². The maximum Gasteiger partial charge on any atom is 0.159 e. The van der Waals surface area contributed by atoms with E-state index in [0.29, 0.717) is 0 Å². The molecule has 13 rings (SSSR count). The summed E-state index contributed by atoms with van der Waals surface area (Å²) in [6, 6.07) is 71.0. The van der Waals surface area contributed by atoms with Crippen LogP contribution in [0.5, 0.6) is 0 Å². The Hall–Kier alpha value is -8.08. The summed E-state index contributed by atoms with van der Waals surface area (Å²) in [7, 11) is 0. The molecule has 12 aromatic rings. The van der Waals surface area contributed by atoms with E-state index in [1.54, 1.807) is 0 Å². The number of nitrogens with zero attached hydrogens (tertiary/aromatic N) is 2. The predicted molar refractivity (Wildman–Crippen MR) is 300 cm³/mol. The Bertz CT molecular complexity index is 4100. The highest BCUT2D eigenvalue weighted by Gasteiger charge is 2.40. The zero-order valence-electron chi connectivity index (χ0n) is 41.7. The fraction of sp³-hybridized carbons (Fsp3) is 0.164. The Morgan fingerprint density at radius 2 is 0.845 bits per heavy atom. The number of rotatable bonds is 6. The highest BCUT2D eigenvalue weighted by Crippen LogP contribution is 2.57. The van der Waals surface area contributed by atoms with E-state index >= 15 is 0 Å². The van der Waals surface area contributed by atoms with Crippen LogP contribution in [-0.2, 0) is 16.2 Å². The van der Waals surface area contributed by atoms with E-state index < -0.39 is 0 Å². The van der Waals surface area contributed by atoms with Crippen LogP contribution in [0.1, 0.15) is 77.6 Å².